The molecule has 0 saturated carbocycles. The zero-order valence-corrected chi connectivity index (χ0v) is 16.7. The van der Waals surface area contributed by atoms with E-state index in [1.54, 1.807) is 6.20 Å². The number of aromatic nitrogens is 6. The van der Waals surface area contributed by atoms with Crippen molar-refractivity contribution in [3.8, 4) is 11.3 Å². The molecule has 0 fully saturated rings. The van der Waals surface area contributed by atoms with Crippen LogP contribution in [-0.4, -0.2) is 29.3 Å². The molecule has 0 aromatic carbocycles. The highest BCUT2D eigenvalue weighted by atomic mass is 35.5. The summed E-state index contributed by atoms with van der Waals surface area (Å²) in [5, 5.41) is 5.02. The molecule has 0 bridgehead atoms. The lowest BCUT2D eigenvalue weighted by atomic mass is 9.95. The minimum Gasteiger partial charge on any atom is -0.349 e. The summed E-state index contributed by atoms with van der Waals surface area (Å²) in [6.45, 7) is 2.11. The lowest BCUT2D eigenvalue weighted by Crippen LogP contribution is -2.08. The first-order chi connectivity index (χ1) is 12.9. The van der Waals surface area contributed by atoms with Crippen LogP contribution in [0, 0.1) is 0 Å². The molecule has 0 amide bonds. The van der Waals surface area contributed by atoms with Crippen LogP contribution in [-0.2, 0) is 20.5 Å². The minimum atomic E-state index is 0.0722. The minimum absolute atomic E-state index is 0.0722. The number of hydrogen-bond acceptors (Lipinski definition) is 4. The van der Waals surface area contributed by atoms with E-state index in [-0.39, 0.29) is 11.2 Å². The largest absolute Gasteiger partial charge is 0.349 e. The third-order valence-electron chi connectivity index (χ3n) is 4.75. The van der Waals surface area contributed by atoms with Gasteiger partial charge in [0, 0.05) is 38.0 Å². The summed E-state index contributed by atoms with van der Waals surface area (Å²) in [6, 6.07) is 6.18. The highest BCUT2D eigenvalue weighted by Crippen LogP contribution is 2.33. The molecule has 0 saturated heterocycles. The van der Waals surface area contributed by atoms with Crippen LogP contribution < -0.4 is 0 Å². The van der Waals surface area contributed by atoms with Gasteiger partial charge in [0.25, 0.3) is 0 Å². The van der Waals surface area contributed by atoms with Gasteiger partial charge in [-0.15, -0.1) is 0 Å². The van der Waals surface area contributed by atoms with Gasteiger partial charge in [0.15, 0.2) is 0 Å². The molecule has 0 N–H and O–H groups in total. The average molecular weight is 401 g/mol. The number of aryl methyl sites for hydroxylation is 2. The van der Waals surface area contributed by atoms with Crippen LogP contribution in [0.15, 0.2) is 36.8 Å². The summed E-state index contributed by atoms with van der Waals surface area (Å²) >= 11 is 12.2. The number of halogens is 2. The quantitative estimate of drug-likeness (QED) is 0.475. The van der Waals surface area contributed by atoms with Crippen LogP contribution in [0.25, 0.3) is 22.3 Å². The van der Waals surface area contributed by atoms with Crippen molar-refractivity contribution in [3.05, 3.63) is 58.5 Å². The molecule has 0 aliphatic carbocycles. The summed E-state index contributed by atoms with van der Waals surface area (Å²) in [5.74, 6) is 0.0722. The molecular weight excluding hydrogens is 383 g/mol. The second kappa shape index (κ2) is 6.94. The van der Waals surface area contributed by atoms with Gasteiger partial charge in [0.2, 0.25) is 5.28 Å². The first kappa shape index (κ1) is 17.9. The van der Waals surface area contributed by atoms with Gasteiger partial charge in [-0.1, -0.05) is 18.5 Å². The Kier molecular flexibility index (Phi) is 4.61. The van der Waals surface area contributed by atoms with E-state index in [9.17, 15) is 0 Å². The van der Waals surface area contributed by atoms with Gasteiger partial charge in [-0.2, -0.15) is 5.10 Å². The first-order valence-corrected chi connectivity index (χ1v) is 9.31. The van der Waals surface area contributed by atoms with E-state index >= 15 is 0 Å². The Bertz CT molecular complexity index is 1130. The molecule has 0 aliphatic rings. The molecule has 4 aromatic rings. The van der Waals surface area contributed by atoms with Gasteiger partial charge >= 0.3 is 0 Å². The van der Waals surface area contributed by atoms with Crippen molar-refractivity contribution >= 4 is 34.2 Å². The Balaban J connectivity index is 1.84. The van der Waals surface area contributed by atoms with Crippen molar-refractivity contribution in [1.82, 2.24) is 29.3 Å². The standard InChI is InChI=1S/C19H18Cl2N6/c1-11(8-15-13(20)10-22-19(21)25-15)18-12(16-4-6-23-27(16)3)9-17-14(24-18)5-7-26(17)2/h4-7,9-11H,8H2,1-3H3/t11-/m1/s1. The molecule has 0 spiro atoms. The van der Waals surface area contributed by atoms with Gasteiger partial charge in [-0.3, -0.25) is 9.67 Å². The zero-order valence-electron chi connectivity index (χ0n) is 15.2. The SMILES string of the molecule is C[C@H](Cc1nc(Cl)ncc1Cl)c1nc2ccn(C)c2cc1-c1ccnn1C. The zero-order chi connectivity index (χ0) is 19.1. The van der Waals surface area contributed by atoms with E-state index in [0.717, 1.165) is 33.7 Å². The van der Waals surface area contributed by atoms with E-state index in [0.29, 0.717) is 11.4 Å². The van der Waals surface area contributed by atoms with Gasteiger partial charge in [-0.25, -0.2) is 9.97 Å². The lowest BCUT2D eigenvalue weighted by Gasteiger charge is -2.17. The van der Waals surface area contributed by atoms with E-state index < -0.39 is 0 Å². The highest BCUT2D eigenvalue weighted by Gasteiger charge is 2.20. The smallest absolute Gasteiger partial charge is 0.222 e. The summed E-state index contributed by atoms with van der Waals surface area (Å²) in [5.41, 5.74) is 5.79. The molecule has 0 unspecified atom stereocenters. The fourth-order valence-corrected chi connectivity index (χ4v) is 3.65. The highest BCUT2D eigenvalue weighted by molar-refractivity contribution is 6.31. The van der Waals surface area contributed by atoms with Gasteiger partial charge in [-0.05, 0) is 36.2 Å². The van der Waals surface area contributed by atoms with Gasteiger partial charge in [0.1, 0.15) is 0 Å². The van der Waals surface area contributed by atoms with Crippen molar-refractivity contribution in [3.63, 3.8) is 0 Å². The van der Waals surface area contributed by atoms with Crippen molar-refractivity contribution in [2.75, 3.05) is 0 Å². The van der Waals surface area contributed by atoms with Crippen molar-refractivity contribution in [1.29, 1.82) is 0 Å². The molecule has 4 aromatic heterocycles. The molecule has 4 rings (SSSR count). The molecule has 4 heterocycles. The molecule has 0 radical (unpaired) electrons. The third kappa shape index (κ3) is 3.31. The maximum absolute atomic E-state index is 6.27. The molecule has 1 atom stereocenters. The number of fused-ring (bicyclic) bond motifs is 1. The van der Waals surface area contributed by atoms with Crippen molar-refractivity contribution in [2.24, 2.45) is 14.1 Å². The van der Waals surface area contributed by atoms with Crippen LogP contribution in [0.3, 0.4) is 0 Å². The first-order valence-electron chi connectivity index (χ1n) is 8.55. The Morgan fingerprint density at radius 1 is 1.15 bits per heavy atom. The van der Waals surface area contributed by atoms with E-state index in [1.807, 2.05) is 37.1 Å². The molecule has 8 heteroatoms. The van der Waals surface area contributed by atoms with Gasteiger partial charge < -0.3 is 4.57 Å². The van der Waals surface area contributed by atoms with E-state index in [2.05, 4.69) is 32.6 Å². The monoisotopic (exact) mass is 400 g/mol. The molecule has 0 aliphatic heterocycles. The Morgan fingerprint density at radius 3 is 2.70 bits per heavy atom. The second-order valence-electron chi connectivity index (χ2n) is 6.63. The van der Waals surface area contributed by atoms with E-state index in [4.69, 9.17) is 28.2 Å². The normalized spacial score (nSPS) is 12.6. The van der Waals surface area contributed by atoms with Crippen LogP contribution >= 0.6 is 23.2 Å². The maximum atomic E-state index is 6.27. The second-order valence-corrected chi connectivity index (χ2v) is 7.38. The van der Waals surface area contributed by atoms with Crippen molar-refractivity contribution in [2.45, 2.75) is 19.3 Å². The Labute approximate surface area is 166 Å². The predicted octanol–water partition coefficient (Wildman–Crippen LogP) is 4.42. The fourth-order valence-electron chi connectivity index (χ4n) is 3.33. The maximum Gasteiger partial charge on any atom is 0.222 e. The average Bonchev–Trinajstić information content (AvgIpc) is 3.23. The predicted molar refractivity (Wildman–Crippen MR) is 107 cm³/mol. The summed E-state index contributed by atoms with van der Waals surface area (Å²) in [4.78, 5) is 13.2. The molecular formula is C19H18Cl2N6. The Morgan fingerprint density at radius 2 is 1.96 bits per heavy atom. The van der Waals surface area contributed by atoms with Crippen LogP contribution in [0.1, 0.15) is 24.2 Å². The topological polar surface area (TPSA) is 61.4 Å². The molecule has 27 heavy (non-hydrogen) atoms. The number of hydrogen-bond donors (Lipinski definition) is 0. The number of nitrogens with zero attached hydrogens (tertiary/aromatic N) is 6. The molecule has 6 nitrogen and oxygen atoms in total. The Hall–Kier alpha value is -2.44. The summed E-state index contributed by atoms with van der Waals surface area (Å²) < 4.78 is 3.92. The van der Waals surface area contributed by atoms with Crippen molar-refractivity contribution < 1.29 is 0 Å². The molecule has 138 valence electrons. The summed E-state index contributed by atoms with van der Waals surface area (Å²) in [7, 11) is 3.95. The van der Waals surface area contributed by atoms with Gasteiger partial charge in [0.05, 0.1) is 39.3 Å². The fraction of sp³-hybridized carbons (Fsp3) is 0.263. The lowest BCUT2D eigenvalue weighted by molar-refractivity contribution is 0.714. The summed E-state index contributed by atoms with van der Waals surface area (Å²) in [6.07, 6.45) is 5.95. The van der Waals surface area contributed by atoms with Crippen LogP contribution in [0.4, 0.5) is 0 Å². The number of pyridine rings is 1. The van der Waals surface area contributed by atoms with E-state index in [1.165, 1.54) is 6.20 Å². The third-order valence-corrected chi connectivity index (χ3v) is 5.24. The van der Waals surface area contributed by atoms with Crippen LogP contribution in [0.2, 0.25) is 10.3 Å². The number of rotatable bonds is 4. The van der Waals surface area contributed by atoms with Crippen LogP contribution in [0.5, 0.6) is 0 Å².